The third kappa shape index (κ3) is 5.83. The first-order chi connectivity index (χ1) is 13.7. The number of hydrogen-bond donors (Lipinski definition) is 1. The second kappa shape index (κ2) is 9.59. The molecule has 2 aromatic carbocycles. The van der Waals surface area contributed by atoms with Crippen LogP contribution in [0.3, 0.4) is 0 Å². The van der Waals surface area contributed by atoms with Gasteiger partial charge in [0.15, 0.2) is 6.10 Å². The van der Waals surface area contributed by atoms with Crippen molar-refractivity contribution in [2.45, 2.75) is 59.5 Å². The Kier molecular flexibility index (Phi) is 7.43. The molecule has 0 saturated carbocycles. The summed E-state index contributed by atoms with van der Waals surface area (Å²) in [5, 5.41) is 2.88. The highest BCUT2D eigenvalue weighted by molar-refractivity contribution is 5.98. The third-order valence-electron chi connectivity index (χ3n) is 4.75. The zero-order chi connectivity index (χ0) is 21.6. The Hall–Kier alpha value is -2.82. The number of hydrogen-bond acceptors (Lipinski definition) is 4. The molecule has 5 nitrogen and oxygen atoms in total. The second-order valence-corrected chi connectivity index (χ2v) is 7.98. The molecule has 0 heterocycles. The smallest absolute Gasteiger partial charge is 0.338 e. The van der Waals surface area contributed by atoms with E-state index < -0.39 is 12.1 Å². The van der Waals surface area contributed by atoms with Gasteiger partial charge in [0.05, 0.1) is 12.2 Å². The summed E-state index contributed by atoms with van der Waals surface area (Å²) in [5.74, 6) is -0.00293. The van der Waals surface area contributed by atoms with Gasteiger partial charge in [0.2, 0.25) is 0 Å². The van der Waals surface area contributed by atoms with Crippen LogP contribution in [0.5, 0.6) is 5.75 Å². The Bertz CT molecular complexity index is 850. The number of anilines is 1. The summed E-state index contributed by atoms with van der Waals surface area (Å²) in [6.45, 7) is 12.2. The highest BCUT2D eigenvalue weighted by Crippen LogP contribution is 2.25. The van der Waals surface area contributed by atoms with Crippen molar-refractivity contribution < 1.29 is 19.1 Å². The number of carbonyl (C=O) groups is 2. The summed E-state index contributed by atoms with van der Waals surface area (Å²) < 4.78 is 11.0. The van der Waals surface area contributed by atoms with Gasteiger partial charge in [-0.25, -0.2) is 4.79 Å². The highest BCUT2D eigenvalue weighted by atomic mass is 16.5. The van der Waals surface area contributed by atoms with Crippen LogP contribution in [0.15, 0.2) is 42.5 Å². The topological polar surface area (TPSA) is 64.6 Å². The first-order valence-electron chi connectivity index (χ1n) is 10.0. The molecule has 1 amide bonds. The standard InChI is InChI=1S/C24H31NO4/c1-7-21(29-18-14-12-17(13-15-18)24(4,5)6)22(26)25-20-11-9-10-19(16(20)3)23(27)28-8-2/h9-15,21H,7-8H2,1-6H3,(H,25,26)/t21-/m1/s1. The normalized spacial score (nSPS) is 12.2. The van der Waals surface area contributed by atoms with Crippen molar-refractivity contribution in [3.05, 3.63) is 59.2 Å². The molecule has 0 radical (unpaired) electrons. The lowest BCUT2D eigenvalue weighted by molar-refractivity contribution is -0.122. The van der Waals surface area contributed by atoms with E-state index in [1.165, 1.54) is 5.56 Å². The number of carbonyl (C=O) groups excluding carboxylic acids is 2. The van der Waals surface area contributed by atoms with Gasteiger partial charge in [-0.2, -0.15) is 0 Å². The summed E-state index contributed by atoms with van der Waals surface area (Å²) >= 11 is 0. The van der Waals surface area contributed by atoms with E-state index in [2.05, 4.69) is 26.1 Å². The first kappa shape index (κ1) is 22.5. The molecule has 1 atom stereocenters. The lowest BCUT2D eigenvalue weighted by Crippen LogP contribution is -2.32. The minimum Gasteiger partial charge on any atom is -0.481 e. The highest BCUT2D eigenvalue weighted by Gasteiger charge is 2.21. The molecule has 0 aliphatic heterocycles. The molecule has 0 fully saturated rings. The molecule has 5 heteroatoms. The molecule has 2 rings (SSSR count). The zero-order valence-electron chi connectivity index (χ0n) is 18.2. The molecule has 2 aromatic rings. The Balaban J connectivity index is 2.12. The lowest BCUT2D eigenvalue weighted by atomic mass is 9.87. The predicted molar refractivity (Wildman–Crippen MR) is 116 cm³/mol. The summed E-state index contributed by atoms with van der Waals surface area (Å²) in [5.41, 5.74) is 2.95. The maximum Gasteiger partial charge on any atom is 0.338 e. The van der Waals surface area contributed by atoms with Crippen LogP contribution in [0.25, 0.3) is 0 Å². The second-order valence-electron chi connectivity index (χ2n) is 7.98. The number of nitrogens with one attached hydrogen (secondary N) is 1. The van der Waals surface area contributed by atoms with Crippen molar-refractivity contribution >= 4 is 17.6 Å². The van der Waals surface area contributed by atoms with Gasteiger partial charge in [-0.15, -0.1) is 0 Å². The number of amides is 1. The quantitative estimate of drug-likeness (QED) is 0.647. The number of benzene rings is 2. The maximum absolute atomic E-state index is 12.8. The maximum atomic E-state index is 12.8. The average molecular weight is 398 g/mol. The number of esters is 1. The van der Waals surface area contributed by atoms with Crippen LogP contribution in [-0.4, -0.2) is 24.6 Å². The van der Waals surface area contributed by atoms with Crippen molar-refractivity contribution in [3.8, 4) is 5.75 Å². The molecular weight excluding hydrogens is 366 g/mol. The molecule has 0 unspecified atom stereocenters. The lowest BCUT2D eigenvalue weighted by Gasteiger charge is -2.21. The van der Waals surface area contributed by atoms with Crippen LogP contribution in [-0.2, 0) is 14.9 Å². The van der Waals surface area contributed by atoms with E-state index >= 15 is 0 Å². The van der Waals surface area contributed by atoms with Gasteiger partial charge >= 0.3 is 5.97 Å². The minimum atomic E-state index is -0.638. The zero-order valence-corrected chi connectivity index (χ0v) is 18.2. The molecular formula is C24H31NO4. The van der Waals surface area contributed by atoms with E-state index in [-0.39, 0.29) is 11.3 Å². The Morgan fingerprint density at radius 2 is 1.69 bits per heavy atom. The monoisotopic (exact) mass is 397 g/mol. The molecule has 0 aromatic heterocycles. The third-order valence-corrected chi connectivity index (χ3v) is 4.75. The summed E-state index contributed by atoms with van der Waals surface area (Å²) in [6, 6.07) is 13.0. The van der Waals surface area contributed by atoms with Gasteiger partial charge in [-0.3, -0.25) is 4.79 Å². The van der Waals surface area contributed by atoms with Crippen LogP contribution >= 0.6 is 0 Å². The van der Waals surface area contributed by atoms with Crippen molar-refractivity contribution in [3.63, 3.8) is 0 Å². The predicted octanol–water partition coefficient (Wildman–Crippen LogP) is 5.27. The Morgan fingerprint density at radius 3 is 2.24 bits per heavy atom. The average Bonchev–Trinajstić information content (AvgIpc) is 2.67. The van der Waals surface area contributed by atoms with Crippen LogP contribution in [0.2, 0.25) is 0 Å². The van der Waals surface area contributed by atoms with Crippen molar-refractivity contribution in [1.29, 1.82) is 0 Å². The van der Waals surface area contributed by atoms with E-state index in [1.807, 2.05) is 31.2 Å². The molecule has 29 heavy (non-hydrogen) atoms. The van der Waals surface area contributed by atoms with Crippen LogP contribution in [0, 0.1) is 6.92 Å². The van der Waals surface area contributed by atoms with Crippen LogP contribution < -0.4 is 10.1 Å². The van der Waals surface area contributed by atoms with Crippen molar-refractivity contribution in [2.24, 2.45) is 0 Å². The van der Waals surface area contributed by atoms with Crippen LogP contribution in [0.1, 0.15) is 62.5 Å². The number of ether oxygens (including phenoxy) is 2. The van der Waals surface area contributed by atoms with Crippen molar-refractivity contribution in [1.82, 2.24) is 0 Å². The molecule has 0 spiro atoms. The molecule has 0 aliphatic rings. The number of rotatable bonds is 7. The summed E-state index contributed by atoms with van der Waals surface area (Å²) in [7, 11) is 0. The minimum absolute atomic E-state index is 0.0571. The van der Waals surface area contributed by atoms with Gasteiger partial charge in [0.1, 0.15) is 5.75 Å². The summed E-state index contributed by atoms with van der Waals surface area (Å²) in [6.07, 6.45) is -0.121. The van der Waals surface area contributed by atoms with E-state index in [4.69, 9.17) is 9.47 Å². The van der Waals surface area contributed by atoms with Gasteiger partial charge in [0.25, 0.3) is 5.91 Å². The Labute approximate surface area is 173 Å². The fourth-order valence-electron chi connectivity index (χ4n) is 2.93. The summed E-state index contributed by atoms with van der Waals surface area (Å²) in [4.78, 5) is 24.9. The van der Waals surface area contributed by atoms with E-state index in [0.29, 0.717) is 35.6 Å². The molecule has 1 N–H and O–H groups in total. The van der Waals surface area contributed by atoms with Crippen LogP contribution in [0.4, 0.5) is 5.69 Å². The first-order valence-corrected chi connectivity index (χ1v) is 10.0. The Morgan fingerprint density at radius 1 is 1.03 bits per heavy atom. The SMILES string of the molecule is CCOC(=O)c1cccc(NC(=O)[C@@H](CC)Oc2ccc(C(C)(C)C)cc2)c1C. The molecule has 0 aliphatic carbocycles. The fraction of sp³-hybridized carbons (Fsp3) is 0.417. The molecule has 156 valence electrons. The van der Waals surface area contributed by atoms with E-state index in [0.717, 1.165) is 0 Å². The van der Waals surface area contributed by atoms with Gasteiger partial charge in [-0.1, -0.05) is 45.9 Å². The largest absolute Gasteiger partial charge is 0.481 e. The van der Waals surface area contributed by atoms with Gasteiger partial charge in [0, 0.05) is 5.69 Å². The molecule has 0 saturated heterocycles. The van der Waals surface area contributed by atoms with Gasteiger partial charge in [-0.05, 0) is 61.1 Å². The molecule has 0 bridgehead atoms. The fourth-order valence-corrected chi connectivity index (χ4v) is 2.93. The van der Waals surface area contributed by atoms with Gasteiger partial charge < -0.3 is 14.8 Å². The van der Waals surface area contributed by atoms with Crippen molar-refractivity contribution in [2.75, 3.05) is 11.9 Å². The van der Waals surface area contributed by atoms with E-state index in [9.17, 15) is 9.59 Å². The van der Waals surface area contributed by atoms with E-state index in [1.54, 1.807) is 32.0 Å².